The monoisotopic (exact) mass is 126 g/mol. The van der Waals surface area contributed by atoms with Gasteiger partial charge in [-0.15, -0.1) is 0 Å². The van der Waals surface area contributed by atoms with Crippen LogP contribution in [-0.2, 0) is 0 Å². The molecule has 0 rings (SSSR count). The highest BCUT2D eigenvalue weighted by Gasteiger charge is 2.35. The van der Waals surface area contributed by atoms with E-state index in [1.165, 1.54) is 0 Å². The predicted molar refractivity (Wildman–Crippen MR) is 24.5 cm³/mol. The molecular weight excluding hydrogens is 119 g/mol. The van der Waals surface area contributed by atoms with E-state index in [9.17, 15) is 13.2 Å². The van der Waals surface area contributed by atoms with E-state index in [0.29, 0.717) is 13.8 Å². The molecule has 0 fully saturated rings. The second-order valence-corrected chi connectivity index (χ2v) is 2.05. The van der Waals surface area contributed by atoms with Crippen molar-refractivity contribution in [3.63, 3.8) is 0 Å². The second-order valence-electron chi connectivity index (χ2n) is 2.05. The van der Waals surface area contributed by atoms with Gasteiger partial charge in [-0.25, -0.2) is 13.2 Å². The Morgan fingerprint density at radius 2 is 1.25 bits per heavy atom. The summed E-state index contributed by atoms with van der Waals surface area (Å²) < 4.78 is 35.0. The normalized spacial score (nSPS) is 14.2. The van der Waals surface area contributed by atoms with Crippen molar-refractivity contribution < 1.29 is 13.2 Å². The molecular formula is C4H7F3N-. The summed E-state index contributed by atoms with van der Waals surface area (Å²) in [6, 6.07) is -3.98. The lowest BCUT2D eigenvalue weighted by Crippen LogP contribution is -2.34. The van der Waals surface area contributed by atoms with Crippen molar-refractivity contribution in [3.05, 3.63) is 5.73 Å². The maximum atomic E-state index is 12.0. The highest BCUT2D eigenvalue weighted by Crippen LogP contribution is 2.31. The van der Waals surface area contributed by atoms with Crippen LogP contribution in [0.25, 0.3) is 5.73 Å². The van der Waals surface area contributed by atoms with Crippen molar-refractivity contribution in [2.45, 2.75) is 25.6 Å². The molecule has 0 saturated carbocycles. The summed E-state index contributed by atoms with van der Waals surface area (Å²) in [7, 11) is 0. The molecule has 0 aromatic heterocycles. The van der Waals surface area contributed by atoms with E-state index in [0.717, 1.165) is 0 Å². The summed E-state index contributed by atoms with van der Waals surface area (Å²) in [5.74, 6) is 0. The van der Waals surface area contributed by atoms with Gasteiger partial charge in [0, 0.05) is 0 Å². The van der Waals surface area contributed by atoms with Crippen LogP contribution in [0, 0.1) is 0 Å². The molecule has 0 heterocycles. The molecule has 50 valence electrons. The Balaban J connectivity index is 4.02. The Bertz CT molecular complexity index is 66.3. The summed E-state index contributed by atoms with van der Waals surface area (Å²) in [4.78, 5) is 0. The van der Waals surface area contributed by atoms with Gasteiger partial charge in [-0.3, -0.25) is 0 Å². The van der Waals surface area contributed by atoms with Crippen molar-refractivity contribution in [2.24, 2.45) is 0 Å². The van der Waals surface area contributed by atoms with Crippen LogP contribution in [0.3, 0.4) is 0 Å². The van der Waals surface area contributed by atoms with Crippen LogP contribution in [0.5, 0.6) is 0 Å². The molecule has 0 aromatic carbocycles. The minimum atomic E-state index is -3.98. The van der Waals surface area contributed by atoms with Crippen molar-refractivity contribution in [2.75, 3.05) is 0 Å². The highest BCUT2D eigenvalue weighted by atomic mass is 19.3. The molecule has 0 bridgehead atoms. The van der Waals surface area contributed by atoms with Crippen molar-refractivity contribution in [1.82, 2.24) is 0 Å². The molecule has 0 spiro atoms. The summed E-state index contributed by atoms with van der Waals surface area (Å²) in [6.45, 7) is 1.33. The van der Waals surface area contributed by atoms with E-state index in [-0.39, 0.29) is 0 Å². The number of rotatable bonds is 1. The lowest BCUT2D eigenvalue weighted by atomic mass is 10.1. The molecule has 1 N–H and O–H groups in total. The lowest BCUT2D eigenvalue weighted by Gasteiger charge is -2.29. The van der Waals surface area contributed by atoms with Gasteiger partial charge < -0.3 is 5.73 Å². The van der Waals surface area contributed by atoms with Crippen LogP contribution in [0.1, 0.15) is 13.8 Å². The van der Waals surface area contributed by atoms with Crippen molar-refractivity contribution in [3.8, 4) is 0 Å². The van der Waals surface area contributed by atoms with Crippen LogP contribution in [0.2, 0.25) is 0 Å². The SMILES string of the molecule is CC(C)(F)C([NH-])(F)F. The first kappa shape index (κ1) is 7.75. The first-order valence-corrected chi connectivity index (χ1v) is 2.07. The first-order chi connectivity index (χ1) is 3.25. The lowest BCUT2D eigenvalue weighted by molar-refractivity contribution is -0.0790. The number of hydrogen-bond acceptors (Lipinski definition) is 0. The maximum absolute atomic E-state index is 12.0. The molecule has 1 nitrogen and oxygen atoms in total. The zero-order valence-corrected chi connectivity index (χ0v) is 4.63. The minimum absolute atomic E-state index is 0.667. The van der Waals surface area contributed by atoms with Crippen molar-refractivity contribution in [1.29, 1.82) is 0 Å². The fraction of sp³-hybridized carbons (Fsp3) is 1.00. The zero-order valence-electron chi connectivity index (χ0n) is 4.63. The molecule has 0 atom stereocenters. The van der Waals surface area contributed by atoms with Gasteiger partial charge in [-0.2, -0.15) is 0 Å². The van der Waals surface area contributed by atoms with Gasteiger partial charge in [0.1, 0.15) is 5.67 Å². The molecule has 0 unspecified atom stereocenters. The Kier molecular flexibility index (Phi) is 1.57. The largest absolute Gasteiger partial charge is 0.613 e. The molecule has 0 saturated heterocycles. The fourth-order valence-electron chi connectivity index (χ4n) is 0. The van der Waals surface area contributed by atoms with Gasteiger partial charge in [-0.1, -0.05) is 0 Å². The van der Waals surface area contributed by atoms with E-state index in [1.807, 2.05) is 0 Å². The third-order valence-electron chi connectivity index (χ3n) is 0.747. The fourth-order valence-corrected chi connectivity index (χ4v) is 0. The van der Waals surface area contributed by atoms with E-state index < -0.39 is 11.7 Å². The Morgan fingerprint density at radius 1 is 1.12 bits per heavy atom. The number of hydrogen-bond donors (Lipinski definition) is 0. The molecule has 8 heavy (non-hydrogen) atoms. The molecule has 0 aliphatic heterocycles. The standard InChI is InChI=1S/C4H7F3N/c1-3(2,5)4(6,7)8/h8H,1-2H3/q-1. The molecule has 0 aliphatic carbocycles. The van der Waals surface area contributed by atoms with Gasteiger partial charge in [0.15, 0.2) is 0 Å². The van der Waals surface area contributed by atoms with Crippen LogP contribution in [0.4, 0.5) is 13.2 Å². The van der Waals surface area contributed by atoms with E-state index in [4.69, 9.17) is 5.73 Å². The smallest absolute Gasteiger partial charge is 0.202 e. The minimum Gasteiger partial charge on any atom is -0.613 e. The van der Waals surface area contributed by atoms with Crippen LogP contribution in [-0.4, -0.2) is 11.7 Å². The van der Waals surface area contributed by atoms with E-state index in [2.05, 4.69) is 0 Å². The van der Waals surface area contributed by atoms with Crippen LogP contribution in [0.15, 0.2) is 0 Å². The third kappa shape index (κ3) is 1.69. The number of alkyl halides is 3. The first-order valence-electron chi connectivity index (χ1n) is 2.07. The summed E-state index contributed by atoms with van der Waals surface area (Å²) >= 11 is 0. The van der Waals surface area contributed by atoms with E-state index >= 15 is 0 Å². The average molecular weight is 126 g/mol. The Labute approximate surface area is 45.7 Å². The summed E-state index contributed by atoms with van der Waals surface area (Å²) in [5, 5.41) is 0. The van der Waals surface area contributed by atoms with Gasteiger partial charge in [0.25, 0.3) is 0 Å². The third-order valence-corrected chi connectivity index (χ3v) is 0.747. The molecule has 0 amide bonds. The molecule has 0 aliphatic rings. The summed E-state index contributed by atoms with van der Waals surface area (Å²) in [6.07, 6.45) is 0. The number of nitrogens with one attached hydrogen (secondary N) is 1. The Morgan fingerprint density at radius 3 is 1.25 bits per heavy atom. The topological polar surface area (TPSA) is 23.8 Å². The van der Waals surface area contributed by atoms with Gasteiger partial charge >= 0.3 is 0 Å². The number of halogens is 3. The van der Waals surface area contributed by atoms with Gasteiger partial charge in [-0.05, 0) is 13.8 Å². The zero-order chi connectivity index (χ0) is 7.00. The van der Waals surface area contributed by atoms with Crippen LogP contribution >= 0.6 is 0 Å². The predicted octanol–water partition coefficient (Wildman–Crippen LogP) is 2.38. The van der Waals surface area contributed by atoms with Gasteiger partial charge in [0.2, 0.25) is 6.05 Å². The highest BCUT2D eigenvalue weighted by molar-refractivity contribution is 4.88. The van der Waals surface area contributed by atoms with Crippen LogP contribution < -0.4 is 0 Å². The van der Waals surface area contributed by atoms with Crippen molar-refractivity contribution >= 4 is 0 Å². The molecule has 0 aromatic rings. The average Bonchev–Trinajstić information content (AvgIpc) is 1.25. The van der Waals surface area contributed by atoms with Gasteiger partial charge in [0.05, 0.1) is 0 Å². The van der Waals surface area contributed by atoms with E-state index in [1.54, 1.807) is 0 Å². The summed E-state index contributed by atoms with van der Waals surface area (Å²) in [5.41, 5.74) is 3.15. The Hall–Kier alpha value is -0.250. The maximum Gasteiger partial charge on any atom is 0.202 e. The molecule has 0 radical (unpaired) electrons. The quantitative estimate of drug-likeness (QED) is 0.481. The second kappa shape index (κ2) is 1.62. The molecule has 4 heteroatoms.